The highest BCUT2D eigenvalue weighted by molar-refractivity contribution is 5.74. The van der Waals surface area contributed by atoms with Crippen LogP contribution in [0.5, 0.6) is 5.75 Å². The van der Waals surface area contributed by atoms with E-state index in [0.717, 1.165) is 49.9 Å². The number of anilines is 2. The number of nitrogens with zero attached hydrogens (tertiary/aromatic N) is 4. The van der Waals surface area contributed by atoms with Crippen molar-refractivity contribution in [2.45, 2.75) is 13.3 Å². The van der Waals surface area contributed by atoms with Gasteiger partial charge < -0.3 is 28.4 Å². The summed E-state index contributed by atoms with van der Waals surface area (Å²) in [7, 11) is 1.67. The zero-order valence-electron chi connectivity index (χ0n) is 25.1. The summed E-state index contributed by atoms with van der Waals surface area (Å²) in [5.74, 6) is 1.81. The van der Waals surface area contributed by atoms with Crippen LogP contribution in [0.4, 0.5) is 11.5 Å². The van der Waals surface area contributed by atoms with Crippen LogP contribution in [0.25, 0.3) is 16.6 Å². The Balaban J connectivity index is 1.08. The van der Waals surface area contributed by atoms with Crippen LogP contribution in [0, 0.1) is 6.92 Å². The van der Waals surface area contributed by atoms with Crippen molar-refractivity contribution in [3.8, 4) is 16.9 Å². The summed E-state index contributed by atoms with van der Waals surface area (Å²) in [4.78, 5) is 9.61. The largest absolute Gasteiger partial charge is 0.491 e. The third-order valence-corrected chi connectivity index (χ3v) is 7.99. The number of rotatable bonds is 12. The van der Waals surface area contributed by atoms with Gasteiger partial charge in [0.05, 0.1) is 19.8 Å². The van der Waals surface area contributed by atoms with E-state index >= 15 is 0 Å². The Bertz CT molecular complexity index is 1610. The molecule has 6 rings (SSSR count). The van der Waals surface area contributed by atoms with Gasteiger partial charge in [-0.1, -0.05) is 48.5 Å². The number of aromatic nitrogens is 2. The molecule has 0 aliphatic carbocycles. The third kappa shape index (κ3) is 7.01. The van der Waals surface area contributed by atoms with E-state index in [1.165, 1.54) is 33.6 Å². The lowest BCUT2D eigenvalue weighted by Crippen LogP contribution is -2.46. The number of benzene rings is 2. The van der Waals surface area contributed by atoms with Gasteiger partial charge in [-0.15, -0.1) is 0 Å². The Morgan fingerprint density at radius 1 is 0.744 bits per heavy atom. The molecule has 2 aromatic carbocycles. The minimum absolute atomic E-state index is 0.505. The van der Waals surface area contributed by atoms with Crippen LogP contribution in [0.1, 0.15) is 17.0 Å². The van der Waals surface area contributed by atoms with Crippen molar-refractivity contribution in [2.75, 3.05) is 69.5 Å². The van der Waals surface area contributed by atoms with E-state index in [1.807, 2.05) is 19.1 Å². The number of aryl methyl sites for hydroxylation is 1. The Morgan fingerprint density at radius 3 is 2.28 bits per heavy atom. The van der Waals surface area contributed by atoms with Gasteiger partial charge in [-0.2, -0.15) is 0 Å². The Labute approximate surface area is 254 Å². The maximum atomic E-state index is 5.95. The first-order valence-electron chi connectivity index (χ1n) is 15.1. The van der Waals surface area contributed by atoms with Crippen molar-refractivity contribution >= 4 is 17.0 Å². The minimum atomic E-state index is 0.505. The molecule has 0 bridgehead atoms. The van der Waals surface area contributed by atoms with Crippen LogP contribution in [0.15, 0.2) is 97.2 Å². The van der Waals surface area contributed by atoms with Crippen molar-refractivity contribution in [2.24, 2.45) is 0 Å². The maximum Gasteiger partial charge on any atom is 0.132 e. The first kappa shape index (κ1) is 28.8. The molecule has 1 fully saturated rings. The van der Waals surface area contributed by atoms with Crippen molar-refractivity contribution in [3.63, 3.8) is 0 Å². The fourth-order valence-electron chi connectivity index (χ4n) is 5.77. The molecule has 0 unspecified atom stereocenters. The van der Waals surface area contributed by atoms with E-state index in [4.69, 9.17) is 19.2 Å². The summed E-state index contributed by atoms with van der Waals surface area (Å²) in [5, 5.41) is 0. The standard InChI is InChI=1S/C36H40N4O3/c1-28-24-33(43-23-22-42-21-20-41-2)27-36(37-28)39-18-16-38(17-19-39)31-13-11-29(12-14-31)25-35-34(30-8-4-3-5-9-30)26-32-10-6-7-15-40(32)35/h3-15,24,26-27H,16-23,25H2,1-2H3. The molecular formula is C36H40N4O3. The zero-order chi connectivity index (χ0) is 29.4. The second kappa shape index (κ2) is 13.8. The van der Waals surface area contributed by atoms with E-state index in [1.54, 1.807) is 7.11 Å². The molecule has 0 saturated carbocycles. The SMILES string of the molecule is COCCOCCOc1cc(C)nc(N2CCN(c3ccc(Cc4c(-c5ccccc5)cc5ccccn45)cc3)CC2)c1. The predicted octanol–water partition coefficient (Wildman–Crippen LogP) is 6.27. The number of hydrogen-bond donors (Lipinski definition) is 0. The third-order valence-electron chi connectivity index (χ3n) is 7.99. The molecule has 7 heteroatoms. The van der Waals surface area contributed by atoms with Gasteiger partial charge in [0, 0.05) is 86.2 Å². The molecule has 3 aromatic heterocycles. The van der Waals surface area contributed by atoms with E-state index in [9.17, 15) is 0 Å². The Morgan fingerprint density at radius 2 is 1.49 bits per heavy atom. The molecule has 1 aliphatic heterocycles. The van der Waals surface area contributed by atoms with E-state index < -0.39 is 0 Å². The quantitative estimate of drug-likeness (QED) is 0.163. The number of piperazine rings is 1. The summed E-state index contributed by atoms with van der Waals surface area (Å²) < 4.78 is 18.8. The smallest absolute Gasteiger partial charge is 0.132 e. The van der Waals surface area contributed by atoms with Gasteiger partial charge in [-0.3, -0.25) is 0 Å². The topological polar surface area (TPSA) is 51.5 Å². The van der Waals surface area contributed by atoms with Gasteiger partial charge in [0.15, 0.2) is 0 Å². The first-order valence-corrected chi connectivity index (χ1v) is 15.1. The zero-order valence-corrected chi connectivity index (χ0v) is 25.1. The van der Waals surface area contributed by atoms with E-state index in [2.05, 4.69) is 99.3 Å². The molecule has 0 N–H and O–H groups in total. The van der Waals surface area contributed by atoms with E-state index in [0.29, 0.717) is 26.4 Å². The molecule has 7 nitrogen and oxygen atoms in total. The van der Waals surface area contributed by atoms with Gasteiger partial charge in [-0.25, -0.2) is 4.98 Å². The maximum absolute atomic E-state index is 5.95. The molecule has 0 atom stereocenters. The first-order chi connectivity index (χ1) is 21.2. The molecule has 5 aromatic rings. The molecule has 43 heavy (non-hydrogen) atoms. The van der Waals surface area contributed by atoms with Crippen molar-refractivity contribution in [1.82, 2.24) is 9.38 Å². The molecule has 0 radical (unpaired) electrons. The van der Waals surface area contributed by atoms with Crippen molar-refractivity contribution in [1.29, 1.82) is 0 Å². The summed E-state index contributed by atoms with van der Waals surface area (Å²) in [6.45, 7) is 7.94. The fraction of sp³-hybridized carbons (Fsp3) is 0.306. The van der Waals surface area contributed by atoms with Gasteiger partial charge in [0.1, 0.15) is 18.2 Å². The molecule has 4 heterocycles. The highest BCUT2D eigenvalue weighted by Crippen LogP contribution is 2.30. The summed E-state index contributed by atoms with van der Waals surface area (Å²) in [6, 6.07) is 32.5. The van der Waals surface area contributed by atoms with Crippen molar-refractivity contribution < 1.29 is 14.2 Å². The van der Waals surface area contributed by atoms with Gasteiger partial charge in [-0.05, 0) is 48.4 Å². The van der Waals surface area contributed by atoms with Gasteiger partial charge >= 0.3 is 0 Å². The predicted molar refractivity (Wildman–Crippen MR) is 174 cm³/mol. The summed E-state index contributed by atoms with van der Waals surface area (Å²) in [6.07, 6.45) is 3.04. The number of fused-ring (bicyclic) bond motifs is 1. The van der Waals surface area contributed by atoms with Crippen LogP contribution in [0.3, 0.4) is 0 Å². The van der Waals surface area contributed by atoms with Crippen LogP contribution < -0.4 is 14.5 Å². The Kier molecular flexibility index (Phi) is 9.21. The molecule has 0 amide bonds. The van der Waals surface area contributed by atoms with Gasteiger partial charge in [0.2, 0.25) is 0 Å². The number of pyridine rings is 2. The summed E-state index contributed by atoms with van der Waals surface area (Å²) in [5.41, 5.74) is 8.61. The van der Waals surface area contributed by atoms with Gasteiger partial charge in [0.25, 0.3) is 0 Å². The molecule has 222 valence electrons. The highest BCUT2D eigenvalue weighted by Gasteiger charge is 2.20. The van der Waals surface area contributed by atoms with Crippen LogP contribution in [-0.2, 0) is 15.9 Å². The van der Waals surface area contributed by atoms with Crippen LogP contribution in [-0.4, -0.2) is 69.1 Å². The minimum Gasteiger partial charge on any atom is -0.491 e. The lowest BCUT2D eigenvalue weighted by atomic mass is 10.0. The van der Waals surface area contributed by atoms with E-state index in [-0.39, 0.29) is 0 Å². The molecular weight excluding hydrogens is 536 g/mol. The molecule has 1 saturated heterocycles. The fourth-order valence-corrected chi connectivity index (χ4v) is 5.77. The second-order valence-electron chi connectivity index (χ2n) is 10.9. The molecule has 0 spiro atoms. The van der Waals surface area contributed by atoms with Crippen LogP contribution in [0.2, 0.25) is 0 Å². The normalized spacial score (nSPS) is 13.5. The highest BCUT2D eigenvalue weighted by atomic mass is 16.5. The lowest BCUT2D eigenvalue weighted by molar-refractivity contribution is 0.0544. The Hall–Kier alpha value is -4.33. The number of ether oxygens (including phenoxy) is 3. The average molecular weight is 577 g/mol. The summed E-state index contributed by atoms with van der Waals surface area (Å²) >= 11 is 0. The van der Waals surface area contributed by atoms with Crippen molar-refractivity contribution in [3.05, 3.63) is 114 Å². The molecule has 1 aliphatic rings. The number of methoxy groups -OCH3 is 1. The average Bonchev–Trinajstić information content (AvgIpc) is 3.41. The van der Waals surface area contributed by atoms with Crippen LogP contribution >= 0.6 is 0 Å². The lowest BCUT2D eigenvalue weighted by Gasteiger charge is -2.37. The second-order valence-corrected chi connectivity index (χ2v) is 10.9. The number of hydrogen-bond acceptors (Lipinski definition) is 6. The monoisotopic (exact) mass is 576 g/mol.